The van der Waals surface area contributed by atoms with Crippen LogP contribution in [0.3, 0.4) is 0 Å². The van der Waals surface area contributed by atoms with Gasteiger partial charge in [0.1, 0.15) is 5.60 Å². The van der Waals surface area contributed by atoms with Gasteiger partial charge in [-0.3, -0.25) is 4.79 Å². The lowest BCUT2D eigenvalue weighted by atomic mass is 9.64. The Morgan fingerprint density at radius 3 is 2.44 bits per heavy atom. The van der Waals surface area contributed by atoms with E-state index in [9.17, 15) is 9.90 Å². The quantitative estimate of drug-likeness (QED) is 0.799. The SMILES string of the molecule is CCC(C)C1CCC(O)(C(C)=O)C1(C)CC. The van der Waals surface area contributed by atoms with Gasteiger partial charge in [-0.2, -0.15) is 0 Å². The summed E-state index contributed by atoms with van der Waals surface area (Å²) in [4.78, 5) is 11.7. The van der Waals surface area contributed by atoms with Crippen LogP contribution in [0.25, 0.3) is 0 Å². The van der Waals surface area contributed by atoms with Crippen LogP contribution in [-0.4, -0.2) is 16.5 Å². The Kier molecular flexibility index (Phi) is 3.83. The number of aliphatic hydroxyl groups is 1. The van der Waals surface area contributed by atoms with E-state index in [0.717, 1.165) is 19.3 Å². The summed E-state index contributed by atoms with van der Waals surface area (Å²) < 4.78 is 0. The van der Waals surface area contributed by atoms with Crippen molar-refractivity contribution >= 4 is 5.78 Å². The van der Waals surface area contributed by atoms with Crippen LogP contribution in [0.5, 0.6) is 0 Å². The molecule has 0 saturated heterocycles. The number of Topliss-reactive ketones (excluding diaryl/α,β-unsaturated/α-hetero) is 1. The zero-order chi connectivity index (χ0) is 12.6. The molecular weight excluding hydrogens is 200 g/mol. The maximum absolute atomic E-state index is 11.7. The Balaban J connectivity index is 3.08. The van der Waals surface area contributed by atoms with E-state index in [1.807, 2.05) is 0 Å². The Hall–Kier alpha value is -0.370. The molecule has 0 radical (unpaired) electrons. The molecule has 0 spiro atoms. The molecule has 2 heteroatoms. The molecule has 94 valence electrons. The van der Waals surface area contributed by atoms with Crippen molar-refractivity contribution in [1.29, 1.82) is 0 Å². The first-order valence-electron chi connectivity index (χ1n) is 6.56. The molecule has 0 aromatic carbocycles. The molecule has 0 bridgehead atoms. The summed E-state index contributed by atoms with van der Waals surface area (Å²) in [7, 11) is 0. The van der Waals surface area contributed by atoms with Crippen LogP contribution in [0.15, 0.2) is 0 Å². The van der Waals surface area contributed by atoms with Gasteiger partial charge in [-0.15, -0.1) is 0 Å². The van der Waals surface area contributed by atoms with Crippen molar-refractivity contribution in [3.05, 3.63) is 0 Å². The van der Waals surface area contributed by atoms with Crippen LogP contribution in [0, 0.1) is 17.3 Å². The van der Waals surface area contributed by atoms with Crippen LogP contribution >= 0.6 is 0 Å². The Morgan fingerprint density at radius 1 is 1.50 bits per heavy atom. The van der Waals surface area contributed by atoms with Gasteiger partial charge in [0.25, 0.3) is 0 Å². The molecule has 2 nitrogen and oxygen atoms in total. The third-order valence-electron chi connectivity index (χ3n) is 5.23. The summed E-state index contributed by atoms with van der Waals surface area (Å²) in [6, 6.07) is 0. The van der Waals surface area contributed by atoms with Gasteiger partial charge in [-0.05, 0) is 38.0 Å². The minimum atomic E-state index is -1.09. The fourth-order valence-electron chi connectivity index (χ4n) is 3.61. The van der Waals surface area contributed by atoms with E-state index in [4.69, 9.17) is 0 Å². The first kappa shape index (κ1) is 13.7. The molecule has 1 fully saturated rings. The van der Waals surface area contributed by atoms with Crippen LogP contribution in [0.1, 0.15) is 60.3 Å². The zero-order valence-electron chi connectivity index (χ0n) is 11.3. The molecule has 0 amide bonds. The summed E-state index contributed by atoms with van der Waals surface area (Å²) in [5.74, 6) is 0.998. The summed E-state index contributed by atoms with van der Waals surface area (Å²) in [5.41, 5.74) is -1.33. The smallest absolute Gasteiger partial charge is 0.161 e. The molecule has 1 rings (SSSR count). The number of ketones is 1. The molecule has 1 aliphatic carbocycles. The lowest BCUT2D eigenvalue weighted by Crippen LogP contribution is -2.50. The molecule has 1 saturated carbocycles. The number of rotatable bonds is 4. The van der Waals surface area contributed by atoms with Gasteiger partial charge in [0.2, 0.25) is 0 Å². The van der Waals surface area contributed by atoms with Crippen molar-refractivity contribution in [2.24, 2.45) is 17.3 Å². The fraction of sp³-hybridized carbons (Fsp3) is 0.929. The van der Waals surface area contributed by atoms with Gasteiger partial charge in [-0.25, -0.2) is 0 Å². The molecular formula is C14H26O2. The topological polar surface area (TPSA) is 37.3 Å². The van der Waals surface area contributed by atoms with E-state index in [1.54, 1.807) is 0 Å². The fourth-order valence-corrected chi connectivity index (χ4v) is 3.61. The molecule has 16 heavy (non-hydrogen) atoms. The normalized spacial score (nSPS) is 41.0. The average molecular weight is 226 g/mol. The second kappa shape index (κ2) is 4.48. The highest BCUT2D eigenvalue weighted by atomic mass is 16.3. The van der Waals surface area contributed by atoms with E-state index in [0.29, 0.717) is 18.3 Å². The van der Waals surface area contributed by atoms with Crippen LogP contribution in [0.2, 0.25) is 0 Å². The third kappa shape index (κ3) is 1.71. The molecule has 0 heterocycles. The molecule has 4 atom stereocenters. The van der Waals surface area contributed by atoms with Crippen molar-refractivity contribution in [3.63, 3.8) is 0 Å². The van der Waals surface area contributed by atoms with E-state index >= 15 is 0 Å². The standard InChI is InChI=1S/C14H26O2/c1-6-10(3)12-8-9-14(16,11(4)15)13(12,5)7-2/h10,12,16H,6-9H2,1-5H3. The Morgan fingerprint density at radius 2 is 2.06 bits per heavy atom. The number of hydrogen-bond donors (Lipinski definition) is 1. The average Bonchev–Trinajstić information content (AvgIpc) is 2.53. The summed E-state index contributed by atoms with van der Waals surface area (Å²) in [5, 5.41) is 10.7. The zero-order valence-corrected chi connectivity index (χ0v) is 11.3. The van der Waals surface area contributed by atoms with Crippen molar-refractivity contribution in [1.82, 2.24) is 0 Å². The maximum atomic E-state index is 11.7. The second-order valence-electron chi connectivity index (χ2n) is 5.72. The van der Waals surface area contributed by atoms with Crippen LogP contribution in [-0.2, 0) is 4.79 Å². The Bertz CT molecular complexity index is 274. The van der Waals surface area contributed by atoms with E-state index in [2.05, 4.69) is 27.7 Å². The number of carbonyl (C=O) groups excluding carboxylic acids is 1. The number of carbonyl (C=O) groups is 1. The van der Waals surface area contributed by atoms with Crippen molar-refractivity contribution in [2.45, 2.75) is 65.9 Å². The molecule has 0 aromatic rings. The van der Waals surface area contributed by atoms with Gasteiger partial charge in [0.05, 0.1) is 0 Å². The second-order valence-corrected chi connectivity index (χ2v) is 5.72. The summed E-state index contributed by atoms with van der Waals surface area (Å²) in [6.45, 7) is 10.1. The monoisotopic (exact) mass is 226 g/mol. The van der Waals surface area contributed by atoms with Crippen molar-refractivity contribution in [3.8, 4) is 0 Å². The van der Waals surface area contributed by atoms with Gasteiger partial charge in [-0.1, -0.05) is 34.1 Å². The molecule has 0 aromatic heterocycles. The number of hydrogen-bond acceptors (Lipinski definition) is 2. The minimum absolute atomic E-state index is 0.0531. The van der Waals surface area contributed by atoms with Crippen LogP contribution < -0.4 is 0 Å². The first-order valence-corrected chi connectivity index (χ1v) is 6.56. The van der Waals surface area contributed by atoms with Gasteiger partial charge in [0.15, 0.2) is 5.78 Å². The van der Waals surface area contributed by atoms with Gasteiger partial charge >= 0.3 is 0 Å². The van der Waals surface area contributed by atoms with Crippen molar-refractivity contribution < 1.29 is 9.90 Å². The third-order valence-corrected chi connectivity index (χ3v) is 5.23. The Labute approximate surface area is 99.4 Å². The van der Waals surface area contributed by atoms with Crippen LogP contribution in [0.4, 0.5) is 0 Å². The highest BCUT2D eigenvalue weighted by Crippen LogP contribution is 2.56. The van der Waals surface area contributed by atoms with Crippen molar-refractivity contribution in [2.75, 3.05) is 0 Å². The van der Waals surface area contributed by atoms with Gasteiger partial charge in [0, 0.05) is 5.41 Å². The highest BCUT2D eigenvalue weighted by Gasteiger charge is 2.58. The molecule has 4 unspecified atom stereocenters. The maximum Gasteiger partial charge on any atom is 0.161 e. The molecule has 1 N–H and O–H groups in total. The van der Waals surface area contributed by atoms with E-state index in [1.165, 1.54) is 6.92 Å². The predicted molar refractivity (Wildman–Crippen MR) is 66.2 cm³/mol. The van der Waals surface area contributed by atoms with Gasteiger partial charge < -0.3 is 5.11 Å². The highest BCUT2D eigenvalue weighted by molar-refractivity contribution is 5.86. The minimum Gasteiger partial charge on any atom is -0.382 e. The molecule has 0 aliphatic heterocycles. The largest absolute Gasteiger partial charge is 0.382 e. The van der Waals surface area contributed by atoms with E-state index in [-0.39, 0.29) is 11.2 Å². The first-order chi connectivity index (χ1) is 7.33. The lowest BCUT2D eigenvalue weighted by Gasteiger charge is -2.43. The predicted octanol–water partition coefficient (Wildman–Crippen LogP) is 3.18. The molecule has 1 aliphatic rings. The summed E-state index contributed by atoms with van der Waals surface area (Å²) in [6.07, 6.45) is 3.61. The summed E-state index contributed by atoms with van der Waals surface area (Å²) >= 11 is 0. The lowest BCUT2D eigenvalue weighted by molar-refractivity contribution is -0.150. The van der Waals surface area contributed by atoms with E-state index < -0.39 is 5.60 Å².